The summed E-state index contributed by atoms with van der Waals surface area (Å²) in [5.41, 5.74) is 1.79. The van der Waals surface area contributed by atoms with E-state index in [-0.39, 0.29) is 24.3 Å². The van der Waals surface area contributed by atoms with Crippen LogP contribution in [0.2, 0.25) is 0 Å². The zero-order valence-corrected chi connectivity index (χ0v) is 17.8. The van der Waals surface area contributed by atoms with Gasteiger partial charge in [-0.1, -0.05) is 19.9 Å². The van der Waals surface area contributed by atoms with Crippen molar-refractivity contribution in [3.05, 3.63) is 59.2 Å². The molecule has 0 aliphatic carbocycles. The van der Waals surface area contributed by atoms with E-state index in [1.165, 1.54) is 17.8 Å². The first-order valence-corrected chi connectivity index (χ1v) is 10.7. The number of fused-ring (bicyclic) bond motifs is 2. The Kier molecular flexibility index (Phi) is 5.22. The monoisotopic (exact) mass is 432 g/mol. The number of carbonyl (C=O) groups is 2. The van der Waals surface area contributed by atoms with Crippen molar-refractivity contribution in [1.29, 1.82) is 0 Å². The number of benzene rings is 2. The van der Waals surface area contributed by atoms with Crippen molar-refractivity contribution in [2.45, 2.75) is 25.3 Å². The van der Waals surface area contributed by atoms with E-state index in [1.54, 1.807) is 35.1 Å². The zero-order valence-electron chi connectivity index (χ0n) is 16.9. The number of hydrogen-bond acceptors (Lipinski definition) is 4. The largest absolute Gasteiger partial charge is 0.497 e. The maximum atomic E-state index is 13.8. The van der Waals surface area contributed by atoms with E-state index in [2.05, 4.69) is 0 Å². The standard InChI is InChI=1S/C22H22F2N2O3S/c1-13(2)20(27)26-8-9-30-22(26)16-11-15(29-3)5-7-19(16)25(21(22)28)12-14-4-6-17(23)18(24)10-14/h4-7,10-11,13H,8-9,12H2,1-3H3. The van der Waals surface area contributed by atoms with E-state index < -0.39 is 16.5 Å². The molecule has 2 aromatic rings. The molecule has 1 fully saturated rings. The molecule has 1 atom stereocenters. The van der Waals surface area contributed by atoms with Crippen molar-refractivity contribution in [3.63, 3.8) is 0 Å². The number of rotatable bonds is 4. The average Bonchev–Trinajstić information content (AvgIpc) is 3.27. The molecule has 0 radical (unpaired) electrons. The molecular weight excluding hydrogens is 410 g/mol. The van der Waals surface area contributed by atoms with Crippen molar-refractivity contribution in [1.82, 2.24) is 4.90 Å². The van der Waals surface area contributed by atoms with Gasteiger partial charge in [0.15, 0.2) is 16.5 Å². The summed E-state index contributed by atoms with van der Waals surface area (Å²) < 4.78 is 32.5. The van der Waals surface area contributed by atoms with Crippen molar-refractivity contribution in [3.8, 4) is 5.75 Å². The molecule has 2 aliphatic heterocycles. The van der Waals surface area contributed by atoms with Crippen LogP contribution in [-0.2, 0) is 21.0 Å². The Bertz CT molecular complexity index is 1030. The highest BCUT2D eigenvalue weighted by Gasteiger charge is 2.59. The Hall–Kier alpha value is -2.61. The Morgan fingerprint density at radius 1 is 1.20 bits per heavy atom. The molecule has 2 heterocycles. The number of anilines is 1. The van der Waals surface area contributed by atoms with Crippen LogP contribution in [-0.4, -0.2) is 36.1 Å². The number of halogens is 2. The number of hydrogen-bond donors (Lipinski definition) is 0. The highest BCUT2D eigenvalue weighted by Crippen LogP contribution is 2.55. The molecule has 0 N–H and O–H groups in total. The van der Waals surface area contributed by atoms with E-state index in [9.17, 15) is 18.4 Å². The first-order chi connectivity index (χ1) is 14.3. The molecule has 2 aliphatic rings. The van der Waals surface area contributed by atoms with Crippen LogP contribution in [0, 0.1) is 17.6 Å². The Balaban J connectivity index is 1.82. The second-order valence-corrected chi connectivity index (χ2v) is 8.95. The van der Waals surface area contributed by atoms with Crippen molar-refractivity contribution >= 4 is 29.3 Å². The lowest BCUT2D eigenvalue weighted by molar-refractivity contribution is -0.142. The molecule has 1 spiro atoms. The minimum atomic E-state index is -1.18. The molecule has 2 amide bonds. The van der Waals surface area contributed by atoms with E-state index in [0.29, 0.717) is 34.9 Å². The van der Waals surface area contributed by atoms with Crippen LogP contribution in [0.25, 0.3) is 0 Å². The highest BCUT2D eigenvalue weighted by molar-refractivity contribution is 8.01. The van der Waals surface area contributed by atoms with Crippen LogP contribution in [0.15, 0.2) is 36.4 Å². The van der Waals surface area contributed by atoms with Crippen LogP contribution in [0.5, 0.6) is 5.75 Å². The smallest absolute Gasteiger partial charge is 0.268 e. The number of methoxy groups -OCH3 is 1. The molecule has 4 rings (SSSR count). The number of thioether (sulfide) groups is 1. The van der Waals surface area contributed by atoms with Crippen LogP contribution in [0.4, 0.5) is 14.5 Å². The minimum Gasteiger partial charge on any atom is -0.497 e. The van der Waals surface area contributed by atoms with Crippen LogP contribution in [0.1, 0.15) is 25.0 Å². The van der Waals surface area contributed by atoms with E-state index in [4.69, 9.17) is 4.74 Å². The summed E-state index contributed by atoms with van der Waals surface area (Å²) in [6.07, 6.45) is 0. The Morgan fingerprint density at radius 2 is 1.97 bits per heavy atom. The first-order valence-electron chi connectivity index (χ1n) is 9.69. The second-order valence-electron chi connectivity index (χ2n) is 7.66. The van der Waals surface area contributed by atoms with Gasteiger partial charge in [-0.25, -0.2) is 8.78 Å². The third kappa shape index (κ3) is 3.05. The molecule has 0 aromatic heterocycles. The summed E-state index contributed by atoms with van der Waals surface area (Å²) in [7, 11) is 1.54. The fourth-order valence-corrected chi connectivity index (χ4v) is 5.49. The molecule has 8 heteroatoms. The van der Waals surface area contributed by atoms with Gasteiger partial charge >= 0.3 is 0 Å². The molecular formula is C22H22F2N2O3S. The lowest BCUT2D eigenvalue weighted by Gasteiger charge is -2.34. The van der Waals surface area contributed by atoms with Gasteiger partial charge < -0.3 is 14.5 Å². The third-order valence-corrected chi connectivity index (χ3v) is 6.90. The summed E-state index contributed by atoms with van der Waals surface area (Å²) in [5, 5.41) is 0. The molecule has 0 saturated carbocycles. The maximum absolute atomic E-state index is 13.8. The van der Waals surface area contributed by atoms with Crippen molar-refractivity contribution in [2.24, 2.45) is 5.92 Å². The fraction of sp³-hybridized carbons (Fsp3) is 0.364. The lowest BCUT2D eigenvalue weighted by Crippen LogP contribution is -2.51. The van der Waals surface area contributed by atoms with Crippen molar-refractivity contribution in [2.75, 3.05) is 24.3 Å². The molecule has 30 heavy (non-hydrogen) atoms. The van der Waals surface area contributed by atoms with Gasteiger partial charge in [0, 0.05) is 23.8 Å². The maximum Gasteiger partial charge on any atom is 0.268 e. The van der Waals surface area contributed by atoms with Gasteiger partial charge in [-0.05, 0) is 35.9 Å². The normalized spacial score (nSPS) is 20.4. The van der Waals surface area contributed by atoms with Gasteiger partial charge in [-0.2, -0.15) is 0 Å². The van der Waals surface area contributed by atoms with E-state index in [1.807, 2.05) is 13.8 Å². The molecule has 1 saturated heterocycles. The van der Waals surface area contributed by atoms with Crippen LogP contribution < -0.4 is 9.64 Å². The van der Waals surface area contributed by atoms with E-state index >= 15 is 0 Å². The second kappa shape index (κ2) is 7.58. The van der Waals surface area contributed by atoms with Crippen LogP contribution in [0.3, 0.4) is 0 Å². The average molecular weight is 432 g/mol. The zero-order chi connectivity index (χ0) is 21.6. The Labute approximate surface area is 178 Å². The van der Waals surface area contributed by atoms with Gasteiger partial charge in [0.1, 0.15) is 5.75 Å². The number of amides is 2. The van der Waals surface area contributed by atoms with Gasteiger partial charge in [0.2, 0.25) is 5.91 Å². The number of carbonyl (C=O) groups excluding carboxylic acids is 2. The van der Waals surface area contributed by atoms with Gasteiger partial charge in [-0.15, -0.1) is 11.8 Å². The summed E-state index contributed by atoms with van der Waals surface area (Å²) in [6, 6.07) is 8.91. The topological polar surface area (TPSA) is 49.9 Å². The summed E-state index contributed by atoms with van der Waals surface area (Å²) in [5.74, 6) is -1.31. The van der Waals surface area contributed by atoms with Gasteiger partial charge in [0.05, 0.1) is 19.3 Å². The van der Waals surface area contributed by atoms with Gasteiger partial charge in [-0.3, -0.25) is 9.59 Å². The SMILES string of the molecule is COc1ccc2c(c1)C1(SCCN1C(=O)C(C)C)C(=O)N2Cc1ccc(F)c(F)c1. The predicted octanol–water partition coefficient (Wildman–Crippen LogP) is 3.90. The fourth-order valence-electron chi connectivity index (χ4n) is 4.03. The molecule has 158 valence electrons. The predicted molar refractivity (Wildman–Crippen MR) is 111 cm³/mol. The molecule has 1 unspecified atom stereocenters. The van der Waals surface area contributed by atoms with Gasteiger partial charge in [0.25, 0.3) is 5.91 Å². The molecule has 2 aromatic carbocycles. The third-order valence-electron chi connectivity index (χ3n) is 5.49. The lowest BCUT2D eigenvalue weighted by atomic mass is 10.0. The molecule has 0 bridgehead atoms. The summed E-state index contributed by atoms with van der Waals surface area (Å²) in [4.78, 5) is 28.8. The number of ether oxygens (including phenoxy) is 1. The minimum absolute atomic E-state index is 0.0708. The Morgan fingerprint density at radius 3 is 2.63 bits per heavy atom. The highest BCUT2D eigenvalue weighted by atomic mass is 32.2. The van der Waals surface area contributed by atoms with Crippen molar-refractivity contribution < 1.29 is 23.1 Å². The van der Waals surface area contributed by atoms with Crippen LogP contribution >= 0.6 is 11.8 Å². The summed E-state index contributed by atoms with van der Waals surface area (Å²) in [6.45, 7) is 4.15. The molecule has 5 nitrogen and oxygen atoms in total. The van der Waals surface area contributed by atoms with E-state index in [0.717, 1.165) is 12.1 Å². The quantitative estimate of drug-likeness (QED) is 0.735. The first kappa shape index (κ1) is 20.7. The number of nitrogens with zero attached hydrogens (tertiary/aromatic N) is 2. The summed E-state index contributed by atoms with van der Waals surface area (Å²) >= 11 is 1.42.